The summed E-state index contributed by atoms with van der Waals surface area (Å²) in [4.78, 5) is 130. The number of benzene rings is 9. The number of hydrogen-bond acceptors (Lipinski definition) is 13. The van der Waals surface area contributed by atoms with Crippen molar-refractivity contribution in [2.24, 2.45) is 0 Å². The van der Waals surface area contributed by atoms with Crippen molar-refractivity contribution in [2.75, 3.05) is 21.3 Å². The third kappa shape index (κ3) is 17.3. The number of aromatic amines is 1. The summed E-state index contributed by atoms with van der Waals surface area (Å²) in [6.07, 6.45) is 5.31. The first-order valence-corrected chi connectivity index (χ1v) is 35.1. The zero-order valence-corrected chi connectivity index (χ0v) is 60.6. The van der Waals surface area contributed by atoms with Gasteiger partial charge in [0.2, 0.25) is 0 Å². The average molecular weight is 1410 g/mol. The van der Waals surface area contributed by atoms with E-state index >= 15 is 0 Å². The number of esters is 2. The molecule has 105 heavy (non-hydrogen) atoms. The van der Waals surface area contributed by atoms with Gasteiger partial charge in [0.1, 0.15) is 17.1 Å². The third-order valence-electron chi connectivity index (χ3n) is 19.9. The maximum Gasteiger partial charge on any atom is 0.348 e. The molecular formula is C87H84N6O12. The van der Waals surface area contributed by atoms with Gasteiger partial charge in [-0.15, -0.1) is 0 Å². The molecule has 18 heteroatoms. The Morgan fingerprint density at radius 1 is 0.495 bits per heavy atom. The van der Waals surface area contributed by atoms with Crippen LogP contribution in [0.5, 0.6) is 0 Å². The number of nitrogens with one attached hydrogen (secondary N) is 5. The number of nitrogens with zero attached hydrogens (tertiary/aromatic N) is 1. The number of aromatic nitrogens is 2. The molecule has 2 unspecified atom stereocenters. The van der Waals surface area contributed by atoms with Gasteiger partial charge in [-0.3, -0.25) is 43.2 Å². The maximum atomic E-state index is 12.8. The van der Waals surface area contributed by atoms with Crippen molar-refractivity contribution in [3.8, 4) is 0 Å². The van der Waals surface area contributed by atoms with Gasteiger partial charge < -0.3 is 36.1 Å². The lowest BCUT2D eigenvalue weighted by atomic mass is 9.82. The van der Waals surface area contributed by atoms with Crippen LogP contribution in [0.4, 0.5) is 22.7 Å². The summed E-state index contributed by atoms with van der Waals surface area (Å²) < 4.78 is 4.68. The van der Waals surface area contributed by atoms with E-state index in [9.17, 15) is 53.1 Å². The molecule has 0 saturated heterocycles. The zero-order valence-electron chi connectivity index (χ0n) is 60.6. The SMILES string of the molecule is CCC(C)(C)c1ccc(C(=O)Nc2cccc3c(=O)[nH]c(C)nc23)cc1.CCC(C)(C)c1ccc(C(=O)Nc2cccc3c2C(=O)OC(=O)C3)cc1.CCC(C)c1ccc(C(=O)Nc2ccc3c(c2)C(=O)c2ccccc2C3=O)cc1.CCC(C)c1ccc(C(=O)Nc2ccc3c(c2)C(O)=CC3=O)cc1. The summed E-state index contributed by atoms with van der Waals surface area (Å²) in [6, 6.07) is 56.9. The molecule has 534 valence electrons. The van der Waals surface area contributed by atoms with Crippen LogP contribution in [0.2, 0.25) is 0 Å². The van der Waals surface area contributed by atoms with Crippen LogP contribution in [0, 0.1) is 6.92 Å². The number of allylic oxidation sites excluding steroid dienone is 1. The van der Waals surface area contributed by atoms with Gasteiger partial charge in [0.15, 0.2) is 17.3 Å². The van der Waals surface area contributed by atoms with E-state index in [4.69, 9.17) is 0 Å². The minimum absolute atomic E-state index is 0.0194. The predicted molar refractivity (Wildman–Crippen MR) is 410 cm³/mol. The number of anilines is 4. The van der Waals surface area contributed by atoms with Crippen molar-refractivity contribution in [2.45, 2.75) is 131 Å². The molecule has 0 bridgehead atoms. The second kappa shape index (κ2) is 32.3. The Bertz CT molecular complexity index is 5150. The number of aryl methyl sites for hydroxylation is 1. The number of ketones is 3. The van der Waals surface area contributed by atoms with Crippen molar-refractivity contribution in [3.63, 3.8) is 0 Å². The molecule has 0 radical (unpaired) electrons. The number of para-hydroxylation sites is 1. The van der Waals surface area contributed by atoms with Gasteiger partial charge in [0.05, 0.1) is 28.7 Å². The van der Waals surface area contributed by atoms with Gasteiger partial charge in [0, 0.05) is 73.1 Å². The van der Waals surface area contributed by atoms with Crippen LogP contribution in [-0.4, -0.2) is 68.0 Å². The molecule has 9 aromatic carbocycles. The molecule has 2 atom stereocenters. The normalized spacial score (nSPS) is 13.2. The Labute approximate surface area is 609 Å². The van der Waals surface area contributed by atoms with Crippen molar-refractivity contribution >= 4 is 92.3 Å². The molecule has 18 nitrogen and oxygen atoms in total. The number of fused-ring (bicyclic) bond motifs is 5. The molecular weight excluding hydrogens is 1320 g/mol. The molecule has 2 aliphatic carbocycles. The number of cyclic esters (lactones) is 2. The van der Waals surface area contributed by atoms with Crippen LogP contribution in [0.1, 0.15) is 240 Å². The molecule has 1 aliphatic heterocycles. The summed E-state index contributed by atoms with van der Waals surface area (Å²) in [6.45, 7) is 23.2. The number of carbonyl (C=O) groups is 9. The minimum Gasteiger partial charge on any atom is -0.507 e. The highest BCUT2D eigenvalue weighted by atomic mass is 16.6. The highest BCUT2D eigenvalue weighted by Gasteiger charge is 2.31. The van der Waals surface area contributed by atoms with Crippen LogP contribution in [0.15, 0.2) is 205 Å². The molecule has 0 spiro atoms. The van der Waals surface area contributed by atoms with E-state index in [0.29, 0.717) is 113 Å². The number of rotatable bonds is 16. The highest BCUT2D eigenvalue weighted by Crippen LogP contribution is 2.34. The number of H-pyrrole nitrogens is 1. The van der Waals surface area contributed by atoms with E-state index in [-0.39, 0.29) is 75.1 Å². The van der Waals surface area contributed by atoms with Crippen molar-refractivity contribution < 1.29 is 53.0 Å². The Morgan fingerprint density at radius 2 is 0.924 bits per heavy atom. The largest absolute Gasteiger partial charge is 0.507 e. The summed E-state index contributed by atoms with van der Waals surface area (Å²) in [5.41, 5.74) is 12.4. The molecule has 10 aromatic rings. The molecule has 13 rings (SSSR count). The van der Waals surface area contributed by atoms with Gasteiger partial charge in [-0.1, -0.05) is 160 Å². The summed E-state index contributed by atoms with van der Waals surface area (Å²) in [7, 11) is 0. The van der Waals surface area contributed by atoms with E-state index in [0.717, 1.165) is 31.2 Å². The molecule has 1 aromatic heterocycles. The van der Waals surface area contributed by atoms with E-state index in [2.05, 4.69) is 105 Å². The molecule has 4 amide bonds. The van der Waals surface area contributed by atoms with Crippen LogP contribution < -0.4 is 26.8 Å². The summed E-state index contributed by atoms with van der Waals surface area (Å²) in [5, 5.41) is 21.5. The lowest BCUT2D eigenvalue weighted by Crippen LogP contribution is -2.25. The zero-order chi connectivity index (χ0) is 75.6. The van der Waals surface area contributed by atoms with Gasteiger partial charge in [-0.25, -0.2) is 9.78 Å². The first-order valence-electron chi connectivity index (χ1n) is 35.1. The number of aliphatic hydroxyl groups is 1. The fourth-order valence-electron chi connectivity index (χ4n) is 12.1. The number of amides is 4. The standard InChI is InChI=1S/C25H21NO3.C21H23N3O2.C21H21NO4.C20H19NO3/c1-3-15(2)16-8-10-17(11-9-16)25(29)26-18-12-13-21-22(14-18)24(28)20-7-5-4-6-19(20)23(21)27;1-5-21(3,4)15-11-9-14(10-12-15)19(25)24-17-8-6-7-16-18(17)22-13(2)23-20(16)26;1-4-21(2,3)15-10-8-13(9-11-15)19(24)22-16-7-5-6-14-12-17(23)26-20(25)18(14)16;1-3-12(2)13-4-6-14(7-5-13)20(24)21-15-8-9-16-17(10-15)19(23)11-18(16)22/h4-15H,3H2,1-2H3,(H,26,29);6-12H,5H2,1-4H3,(H,24,25)(H,22,23,26);5-11H,4,12H2,1-3H3,(H,22,24);4-12,23H,3H2,1-2H3,(H,21,24). The monoisotopic (exact) mass is 1400 g/mol. The van der Waals surface area contributed by atoms with Gasteiger partial charge >= 0.3 is 11.9 Å². The third-order valence-corrected chi connectivity index (χ3v) is 19.9. The van der Waals surface area contributed by atoms with Crippen molar-refractivity contribution in [1.29, 1.82) is 0 Å². The van der Waals surface area contributed by atoms with E-state index in [1.165, 1.54) is 22.8 Å². The lowest BCUT2D eigenvalue weighted by molar-refractivity contribution is -0.137. The second-order valence-electron chi connectivity index (χ2n) is 27.6. The fourth-order valence-corrected chi connectivity index (χ4v) is 12.1. The van der Waals surface area contributed by atoms with Crippen molar-refractivity contribution in [1.82, 2.24) is 9.97 Å². The van der Waals surface area contributed by atoms with E-state index in [1.54, 1.807) is 128 Å². The highest BCUT2D eigenvalue weighted by molar-refractivity contribution is 6.29. The van der Waals surface area contributed by atoms with Crippen LogP contribution >= 0.6 is 0 Å². The fraction of sp³-hybridized carbons (Fsp3) is 0.230. The molecule has 2 heterocycles. The van der Waals surface area contributed by atoms with Gasteiger partial charge in [0.25, 0.3) is 29.2 Å². The Morgan fingerprint density at radius 3 is 1.42 bits per heavy atom. The molecule has 0 fully saturated rings. The average Bonchev–Trinajstić information content (AvgIpc) is 1.53. The molecule has 6 N–H and O–H groups in total. The van der Waals surface area contributed by atoms with Crippen LogP contribution in [0.3, 0.4) is 0 Å². The molecule has 3 aliphatic rings. The number of hydrogen-bond donors (Lipinski definition) is 6. The van der Waals surface area contributed by atoms with Crippen molar-refractivity contribution in [3.05, 3.63) is 305 Å². The van der Waals surface area contributed by atoms with E-state index < -0.39 is 11.9 Å². The van der Waals surface area contributed by atoms with Gasteiger partial charge in [-0.05, 0) is 186 Å². The molecule has 0 saturated carbocycles. The van der Waals surface area contributed by atoms with Crippen LogP contribution in [-0.2, 0) is 26.8 Å². The number of ether oxygens (including phenoxy) is 1. The summed E-state index contributed by atoms with van der Waals surface area (Å²) >= 11 is 0. The Kier molecular flexibility index (Phi) is 23.2. The maximum absolute atomic E-state index is 12.8. The number of aliphatic hydroxyl groups excluding tert-OH is 1. The lowest BCUT2D eigenvalue weighted by Gasteiger charge is -2.23. The first-order chi connectivity index (χ1) is 50.1. The topological polar surface area (TPSA) is 277 Å². The van der Waals surface area contributed by atoms with Gasteiger partial charge in [-0.2, -0.15) is 0 Å². The van der Waals surface area contributed by atoms with Crippen LogP contribution in [0.25, 0.3) is 16.7 Å². The predicted octanol–water partition coefficient (Wildman–Crippen LogP) is 17.8. The number of carbonyl (C=O) groups excluding carboxylic acids is 9. The first kappa shape index (κ1) is 75.4. The van der Waals surface area contributed by atoms with E-state index in [1.807, 2.05) is 72.8 Å². The summed E-state index contributed by atoms with van der Waals surface area (Å²) in [5.74, 6) is -1.58. The smallest absolute Gasteiger partial charge is 0.348 e. The second-order valence-corrected chi connectivity index (χ2v) is 27.6. The minimum atomic E-state index is -0.729. The Hall–Kier alpha value is -12.3. The Balaban J connectivity index is 0.000000150. The quantitative estimate of drug-likeness (QED) is 0.0388.